The smallest absolute Gasteiger partial charge is 0.180 e. The summed E-state index contributed by atoms with van der Waals surface area (Å²) >= 11 is 1.47. The molecule has 0 unspecified atom stereocenters. The predicted octanol–water partition coefficient (Wildman–Crippen LogP) is 0.820. The quantitative estimate of drug-likeness (QED) is 0.735. The number of hydrogen-bond donors (Lipinski definition) is 1. The number of aromatic nitrogens is 1. The molecule has 0 spiro atoms. The van der Waals surface area contributed by atoms with E-state index in [0.717, 1.165) is 25.3 Å². The third kappa shape index (κ3) is 4.89. The number of hydrogen-bond acceptors (Lipinski definition) is 6. The summed E-state index contributed by atoms with van der Waals surface area (Å²) in [5.41, 5.74) is 6.60. The van der Waals surface area contributed by atoms with Crippen molar-refractivity contribution < 1.29 is 9.47 Å². The number of thiazole rings is 1. The molecule has 0 aliphatic rings. The number of nitrogens with zero attached hydrogens (tertiary/aromatic N) is 2. The highest BCUT2D eigenvalue weighted by atomic mass is 32.1. The summed E-state index contributed by atoms with van der Waals surface area (Å²) in [6.45, 7) is 3.96. The lowest BCUT2D eigenvalue weighted by molar-refractivity contribution is 0.109. The molecular formula is C10H19N3O2S. The molecule has 92 valence electrons. The van der Waals surface area contributed by atoms with E-state index in [4.69, 9.17) is 15.2 Å². The number of rotatable bonds is 8. The zero-order valence-corrected chi connectivity index (χ0v) is 10.6. The summed E-state index contributed by atoms with van der Waals surface area (Å²) in [7, 11) is 3.41. The molecule has 5 nitrogen and oxygen atoms in total. The van der Waals surface area contributed by atoms with Crippen LogP contribution in [0.25, 0.3) is 0 Å². The SMILES string of the molecule is COCCN(CCOC)Cc1csc(N)n1. The largest absolute Gasteiger partial charge is 0.383 e. The van der Waals surface area contributed by atoms with Gasteiger partial charge in [0.05, 0.1) is 18.9 Å². The third-order valence-electron chi connectivity index (χ3n) is 2.18. The highest BCUT2D eigenvalue weighted by Crippen LogP contribution is 2.12. The van der Waals surface area contributed by atoms with Gasteiger partial charge in [0.1, 0.15) is 0 Å². The van der Waals surface area contributed by atoms with Gasteiger partial charge in [-0.25, -0.2) is 4.98 Å². The van der Waals surface area contributed by atoms with Gasteiger partial charge in [-0.3, -0.25) is 4.90 Å². The third-order valence-corrected chi connectivity index (χ3v) is 2.90. The first-order valence-corrected chi connectivity index (χ1v) is 6.04. The monoisotopic (exact) mass is 245 g/mol. The first-order valence-electron chi connectivity index (χ1n) is 5.16. The highest BCUT2D eigenvalue weighted by molar-refractivity contribution is 7.13. The van der Waals surface area contributed by atoms with E-state index in [1.165, 1.54) is 11.3 Å². The molecule has 2 N–H and O–H groups in total. The minimum absolute atomic E-state index is 0.619. The molecule has 1 aromatic heterocycles. The van der Waals surface area contributed by atoms with Crippen LogP contribution in [-0.4, -0.2) is 50.4 Å². The molecule has 0 aliphatic heterocycles. The van der Waals surface area contributed by atoms with Gasteiger partial charge in [0.15, 0.2) is 5.13 Å². The van der Waals surface area contributed by atoms with E-state index in [2.05, 4.69) is 9.88 Å². The Hall–Kier alpha value is -0.690. The van der Waals surface area contributed by atoms with E-state index in [1.54, 1.807) is 14.2 Å². The van der Waals surface area contributed by atoms with Gasteiger partial charge in [0.2, 0.25) is 0 Å². The Balaban J connectivity index is 2.41. The van der Waals surface area contributed by atoms with Gasteiger partial charge in [-0.1, -0.05) is 0 Å². The van der Waals surface area contributed by atoms with E-state index in [9.17, 15) is 0 Å². The van der Waals surface area contributed by atoms with Gasteiger partial charge in [0.25, 0.3) is 0 Å². The van der Waals surface area contributed by atoms with Gasteiger partial charge in [-0.15, -0.1) is 11.3 Å². The maximum Gasteiger partial charge on any atom is 0.180 e. The van der Waals surface area contributed by atoms with Crippen LogP contribution in [0.3, 0.4) is 0 Å². The Kier molecular flexibility index (Phi) is 6.32. The van der Waals surface area contributed by atoms with E-state index < -0.39 is 0 Å². The van der Waals surface area contributed by atoms with Gasteiger partial charge >= 0.3 is 0 Å². The maximum absolute atomic E-state index is 5.59. The average molecular weight is 245 g/mol. The van der Waals surface area contributed by atoms with Crippen molar-refractivity contribution in [1.29, 1.82) is 0 Å². The van der Waals surface area contributed by atoms with Crippen LogP contribution >= 0.6 is 11.3 Å². The Morgan fingerprint density at radius 2 is 1.94 bits per heavy atom. The van der Waals surface area contributed by atoms with Gasteiger partial charge < -0.3 is 15.2 Å². The lowest BCUT2D eigenvalue weighted by Gasteiger charge is -2.20. The second kappa shape index (κ2) is 7.56. The maximum atomic E-state index is 5.59. The number of methoxy groups -OCH3 is 2. The standard InChI is InChI=1S/C10H19N3O2S/c1-14-5-3-13(4-6-15-2)7-9-8-16-10(11)12-9/h8H,3-7H2,1-2H3,(H2,11,12). The van der Waals surface area contributed by atoms with Crippen LogP contribution in [0.5, 0.6) is 0 Å². The summed E-state index contributed by atoms with van der Waals surface area (Å²) in [5, 5.41) is 2.61. The molecule has 1 aromatic rings. The summed E-state index contributed by atoms with van der Waals surface area (Å²) in [6, 6.07) is 0. The first kappa shape index (κ1) is 13.4. The number of nitrogen functional groups attached to an aromatic ring is 1. The van der Waals surface area contributed by atoms with E-state index in [1.807, 2.05) is 5.38 Å². The van der Waals surface area contributed by atoms with Crippen LogP contribution in [0.15, 0.2) is 5.38 Å². The molecule has 0 bridgehead atoms. The Morgan fingerprint density at radius 3 is 2.38 bits per heavy atom. The van der Waals surface area contributed by atoms with Crippen LogP contribution < -0.4 is 5.73 Å². The molecule has 6 heteroatoms. The van der Waals surface area contributed by atoms with Crippen molar-refractivity contribution in [1.82, 2.24) is 9.88 Å². The molecule has 0 aliphatic carbocycles. The first-order chi connectivity index (χ1) is 7.76. The zero-order chi connectivity index (χ0) is 11.8. The topological polar surface area (TPSA) is 60.6 Å². The van der Waals surface area contributed by atoms with Crippen LogP contribution in [0.4, 0.5) is 5.13 Å². The minimum Gasteiger partial charge on any atom is -0.383 e. The van der Waals surface area contributed by atoms with Gasteiger partial charge in [-0.05, 0) is 0 Å². The molecule has 0 amide bonds. The van der Waals surface area contributed by atoms with Crippen LogP contribution in [0.1, 0.15) is 5.69 Å². The van der Waals surface area contributed by atoms with Crippen molar-refractivity contribution in [3.05, 3.63) is 11.1 Å². The Bertz CT molecular complexity index is 285. The fourth-order valence-corrected chi connectivity index (χ4v) is 1.89. The summed E-state index contributed by atoms with van der Waals surface area (Å²) in [4.78, 5) is 6.48. The molecule has 0 atom stereocenters. The molecule has 1 rings (SSSR count). The molecule has 0 radical (unpaired) electrons. The normalized spacial score (nSPS) is 11.2. The highest BCUT2D eigenvalue weighted by Gasteiger charge is 2.07. The number of nitrogens with two attached hydrogens (primary N) is 1. The number of anilines is 1. The Morgan fingerprint density at radius 1 is 1.31 bits per heavy atom. The van der Waals surface area contributed by atoms with Crippen molar-refractivity contribution in [3.8, 4) is 0 Å². The number of ether oxygens (including phenoxy) is 2. The Labute approximate surface area is 100 Å². The van der Waals surface area contributed by atoms with Crippen molar-refractivity contribution in [3.63, 3.8) is 0 Å². The molecule has 16 heavy (non-hydrogen) atoms. The van der Waals surface area contributed by atoms with Crippen LogP contribution in [-0.2, 0) is 16.0 Å². The molecule has 0 fully saturated rings. The lowest BCUT2D eigenvalue weighted by Crippen LogP contribution is -2.30. The fourth-order valence-electron chi connectivity index (χ4n) is 1.34. The van der Waals surface area contributed by atoms with Crippen molar-refractivity contribution in [2.24, 2.45) is 0 Å². The minimum atomic E-state index is 0.619. The second-order valence-electron chi connectivity index (χ2n) is 3.44. The molecular weight excluding hydrogens is 226 g/mol. The second-order valence-corrected chi connectivity index (χ2v) is 4.33. The zero-order valence-electron chi connectivity index (χ0n) is 9.81. The van der Waals surface area contributed by atoms with E-state index in [-0.39, 0.29) is 0 Å². The summed E-state index contributed by atoms with van der Waals surface area (Å²) in [6.07, 6.45) is 0. The summed E-state index contributed by atoms with van der Waals surface area (Å²) < 4.78 is 10.1. The molecule has 1 heterocycles. The van der Waals surface area contributed by atoms with Crippen LogP contribution in [0, 0.1) is 0 Å². The van der Waals surface area contributed by atoms with Crippen LogP contribution in [0.2, 0.25) is 0 Å². The average Bonchev–Trinajstić information content (AvgIpc) is 2.68. The summed E-state index contributed by atoms with van der Waals surface area (Å²) in [5.74, 6) is 0. The van der Waals surface area contributed by atoms with Gasteiger partial charge in [-0.2, -0.15) is 0 Å². The van der Waals surface area contributed by atoms with Crippen molar-refractivity contribution in [2.75, 3.05) is 46.3 Å². The predicted molar refractivity (Wildman–Crippen MR) is 65.6 cm³/mol. The van der Waals surface area contributed by atoms with Crippen molar-refractivity contribution >= 4 is 16.5 Å². The fraction of sp³-hybridized carbons (Fsp3) is 0.700. The van der Waals surface area contributed by atoms with E-state index >= 15 is 0 Å². The van der Waals surface area contributed by atoms with Gasteiger partial charge in [0, 0.05) is 39.2 Å². The molecule has 0 saturated carbocycles. The van der Waals surface area contributed by atoms with Crippen molar-refractivity contribution in [2.45, 2.75) is 6.54 Å². The molecule has 0 saturated heterocycles. The molecule has 0 aromatic carbocycles. The lowest BCUT2D eigenvalue weighted by atomic mass is 10.4. The van der Waals surface area contributed by atoms with E-state index in [0.29, 0.717) is 18.3 Å².